The molecule has 1 rings (SSSR count). The Balaban J connectivity index is 2.76. The molecule has 1 N–H and O–H groups in total. The number of nitrogens with zero attached hydrogens (tertiary/aromatic N) is 3. The van der Waals surface area contributed by atoms with Crippen LogP contribution < -0.4 is 10.2 Å². The topological polar surface area (TPSA) is 58.1 Å². The highest BCUT2D eigenvalue weighted by Gasteiger charge is 2.12. The molecule has 0 aliphatic carbocycles. The van der Waals surface area contributed by atoms with E-state index in [1.165, 1.54) is 0 Å². The molecule has 0 spiro atoms. The number of amides is 1. The summed E-state index contributed by atoms with van der Waals surface area (Å²) in [5.74, 6) is 1.52. The minimum absolute atomic E-state index is 0.0230. The number of nitrogens with one attached hydrogen (secondary N) is 1. The zero-order valence-electron chi connectivity index (χ0n) is 11.9. The summed E-state index contributed by atoms with van der Waals surface area (Å²) in [7, 11) is 1.81. The molecule has 0 aromatic carbocycles. The monoisotopic (exact) mass is 284 g/mol. The van der Waals surface area contributed by atoms with Crippen LogP contribution in [0.15, 0.2) is 6.07 Å². The lowest BCUT2D eigenvalue weighted by Crippen LogP contribution is -2.36. The lowest BCUT2D eigenvalue weighted by molar-refractivity contribution is -0.119. The summed E-state index contributed by atoms with van der Waals surface area (Å²) < 4.78 is 0. The van der Waals surface area contributed by atoms with Crippen LogP contribution in [0.2, 0.25) is 5.15 Å². The van der Waals surface area contributed by atoms with E-state index in [2.05, 4.69) is 15.3 Å². The largest absolute Gasteiger partial charge is 0.355 e. The highest BCUT2D eigenvalue weighted by Crippen LogP contribution is 2.18. The zero-order valence-corrected chi connectivity index (χ0v) is 12.7. The molecule has 0 aliphatic heterocycles. The van der Waals surface area contributed by atoms with Gasteiger partial charge in [0.1, 0.15) is 16.8 Å². The lowest BCUT2D eigenvalue weighted by Gasteiger charge is -2.19. The van der Waals surface area contributed by atoms with Crippen LogP contribution in [0.1, 0.15) is 38.9 Å². The van der Waals surface area contributed by atoms with Gasteiger partial charge in [-0.15, -0.1) is 0 Å². The van der Waals surface area contributed by atoms with Crippen LogP contribution in [0.5, 0.6) is 0 Å². The van der Waals surface area contributed by atoms with Crippen molar-refractivity contribution in [3.8, 4) is 0 Å². The first-order valence-electron chi connectivity index (χ1n) is 6.46. The van der Waals surface area contributed by atoms with Crippen LogP contribution in [0.25, 0.3) is 0 Å². The van der Waals surface area contributed by atoms with Crippen LogP contribution in [-0.4, -0.2) is 36.0 Å². The number of anilines is 1. The van der Waals surface area contributed by atoms with E-state index >= 15 is 0 Å². The van der Waals surface area contributed by atoms with Crippen molar-refractivity contribution in [1.29, 1.82) is 0 Å². The van der Waals surface area contributed by atoms with Gasteiger partial charge in [0.05, 0.1) is 6.54 Å². The fourth-order valence-electron chi connectivity index (χ4n) is 1.49. The lowest BCUT2D eigenvalue weighted by atomic mass is 10.2. The molecule has 6 heteroatoms. The number of carbonyl (C=O) groups excluding carboxylic acids is 1. The molecular formula is C13H21ClN4O. The van der Waals surface area contributed by atoms with Crippen LogP contribution >= 0.6 is 11.6 Å². The minimum atomic E-state index is -0.0230. The third-order valence-electron chi connectivity index (χ3n) is 2.56. The van der Waals surface area contributed by atoms with Gasteiger partial charge in [-0.2, -0.15) is 0 Å². The Hall–Kier alpha value is -1.36. The van der Waals surface area contributed by atoms with Gasteiger partial charge in [-0.3, -0.25) is 4.79 Å². The summed E-state index contributed by atoms with van der Waals surface area (Å²) in [5.41, 5.74) is 0. The number of hydrogen-bond donors (Lipinski definition) is 1. The maximum Gasteiger partial charge on any atom is 0.239 e. The summed E-state index contributed by atoms with van der Waals surface area (Å²) in [5, 5.41) is 3.23. The smallest absolute Gasteiger partial charge is 0.239 e. The van der Waals surface area contributed by atoms with E-state index in [4.69, 9.17) is 11.6 Å². The van der Waals surface area contributed by atoms with Crippen LogP contribution in [-0.2, 0) is 4.79 Å². The molecule has 1 heterocycles. The van der Waals surface area contributed by atoms with Gasteiger partial charge < -0.3 is 10.2 Å². The SMILES string of the molecule is CCCNC(=O)CN(C)c1cc(Cl)nc(C(C)C)n1. The number of hydrogen-bond acceptors (Lipinski definition) is 4. The second kappa shape index (κ2) is 7.28. The highest BCUT2D eigenvalue weighted by molar-refractivity contribution is 6.29. The molecule has 0 radical (unpaired) electrons. The molecule has 0 fully saturated rings. The van der Waals surface area contributed by atoms with Gasteiger partial charge in [0.2, 0.25) is 5.91 Å². The molecule has 0 saturated carbocycles. The van der Waals surface area contributed by atoms with Gasteiger partial charge in [0.15, 0.2) is 0 Å². The van der Waals surface area contributed by atoms with Gasteiger partial charge in [0.25, 0.3) is 0 Å². The van der Waals surface area contributed by atoms with Gasteiger partial charge in [-0.05, 0) is 6.42 Å². The van der Waals surface area contributed by atoms with E-state index in [9.17, 15) is 4.79 Å². The van der Waals surface area contributed by atoms with E-state index in [0.717, 1.165) is 6.42 Å². The number of carbonyl (C=O) groups is 1. The molecule has 5 nitrogen and oxygen atoms in total. The van der Waals surface area contributed by atoms with Crippen LogP contribution in [0.3, 0.4) is 0 Å². The number of rotatable bonds is 6. The molecule has 0 saturated heterocycles. The van der Waals surface area contributed by atoms with Gasteiger partial charge in [0, 0.05) is 25.6 Å². The van der Waals surface area contributed by atoms with Crippen molar-refractivity contribution in [2.24, 2.45) is 0 Å². The third kappa shape index (κ3) is 5.03. The molecule has 0 bridgehead atoms. The van der Waals surface area contributed by atoms with Crippen molar-refractivity contribution in [3.05, 3.63) is 17.0 Å². The Morgan fingerprint density at radius 2 is 2.16 bits per heavy atom. The normalized spacial score (nSPS) is 10.6. The van der Waals surface area contributed by atoms with E-state index in [1.54, 1.807) is 11.0 Å². The average Bonchev–Trinajstić information content (AvgIpc) is 2.35. The standard InChI is InChI=1S/C13H21ClN4O/c1-5-6-15-12(19)8-18(4)11-7-10(14)16-13(17-11)9(2)3/h7,9H,5-6,8H2,1-4H3,(H,15,19). The third-order valence-corrected chi connectivity index (χ3v) is 2.75. The summed E-state index contributed by atoms with van der Waals surface area (Å²) in [6, 6.07) is 1.67. The van der Waals surface area contributed by atoms with E-state index in [0.29, 0.717) is 23.3 Å². The van der Waals surface area contributed by atoms with Gasteiger partial charge >= 0.3 is 0 Å². The maximum atomic E-state index is 11.7. The summed E-state index contributed by atoms with van der Waals surface area (Å²) in [6.45, 7) is 6.97. The van der Waals surface area contributed by atoms with E-state index in [1.807, 2.05) is 27.8 Å². The second-order valence-electron chi connectivity index (χ2n) is 4.77. The number of likely N-dealkylation sites (N-methyl/N-ethyl adjacent to an activating group) is 1. The Labute approximate surface area is 119 Å². The van der Waals surface area contributed by atoms with Crippen LogP contribution in [0, 0.1) is 0 Å². The Morgan fingerprint density at radius 3 is 2.74 bits per heavy atom. The van der Waals surface area contributed by atoms with Crippen LogP contribution in [0.4, 0.5) is 5.82 Å². The molecular weight excluding hydrogens is 264 g/mol. The summed E-state index contributed by atoms with van der Waals surface area (Å²) in [4.78, 5) is 22.0. The summed E-state index contributed by atoms with van der Waals surface area (Å²) in [6.07, 6.45) is 0.923. The fraction of sp³-hybridized carbons (Fsp3) is 0.615. The second-order valence-corrected chi connectivity index (χ2v) is 5.16. The molecule has 1 amide bonds. The molecule has 1 aromatic rings. The Bertz CT molecular complexity index is 437. The molecule has 106 valence electrons. The van der Waals surface area contributed by atoms with Crippen molar-refractivity contribution < 1.29 is 4.79 Å². The Morgan fingerprint density at radius 1 is 1.47 bits per heavy atom. The zero-order chi connectivity index (χ0) is 14.4. The molecule has 19 heavy (non-hydrogen) atoms. The van der Waals surface area contributed by atoms with Gasteiger partial charge in [-0.25, -0.2) is 9.97 Å². The number of halogens is 1. The van der Waals surface area contributed by atoms with Crippen molar-refractivity contribution in [2.45, 2.75) is 33.1 Å². The maximum absolute atomic E-state index is 11.7. The first-order valence-corrected chi connectivity index (χ1v) is 6.84. The first-order chi connectivity index (χ1) is 8.93. The molecule has 0 aliphatic rings. The molecule has 0 atom stereocenters. The first kappa shape index (κ1) is 15.7. The van der Waals surface area contributed by atoms with Gasteiger partial charge in [-0.1, -0.05) is 32.4 Å². The fourth-order valence-corrected chi connectivity index (χ4v) is 1.68. The Kier molecular flexibility index (Phi) is 6.02. The number of aromatic nitrogens is 2. The van der Waals surface area contributed by atoms with Crippen molar-refractivity contribution >= 4 is 23.3 Å². The van der Waals surface area contributed by atoms with E-state index in [-0.39, 0.29) is 18.4 Å². The quantitative estimate of drug-likeness (QED) is 0.814. The van der Waals surface area contributed by atoms with Crippen molar-refractivity contribution in [1.82, 2.24) is 15.3 Å². The highest BCUT2D eigenvalue weighted by atomic mass is 35.5. The average molecular weight is 285 g/mol. The van der Waals surface area contributed by atoms with Crippen molar-refractivity contribution in [3.63, 3.8) is 0 Å². The summed E-state index contributed by atoms with van der Waals surface area (Å²) >= 11 is 5.98. The predicted octanol–water partition coefficient (Wildman–Crippen LogP) is 2.22. The molecule has 1 aromatic heterocycles. The minimum Gasteiger partial charge on any atom is -0.355 e. The predicted molar refractivity (Wildman–Crippen MR) is 77.7 cm³/mol. The van der Waals surface area contributed by atoms with Crippen molar-refractivity contribution in [2.75, 3.05) is 25.0 Å². The molecule has 0 unspecified atom stereocenters. The van der Waals surface area contributed by atoms with E-state index < -0.39 is 0 Å².